The van der Waals surface area contributed by atoms with Gasteiger partial charge in [0.15, 0.2) is 0 Å². The first-order chi connectivity index (χ1) is 8.74. The molecule has 1 amide bonds. The Morgan fingerprint density at radius 2 is 2.33 bits per heavy atom. The van der Waals surface area contributed by atoms with Gasteiger partial charge >= 0.3 is 0 Å². The van der Waals surface area contributed by atoms with E-state index in [1.54, 1.807) is 16.8 Å². The molecule has 94 valence electrons. The molecular formula is C14H16N2OS. The summed E-state index contributed by atoms with van der Waals surface area (Å²) in [5, 5.41) is 4.82. The fourth-order valence-corrected chi connectivity index (χ4v) is 2.29. The van der Waals surface area contributed by atoms with Crippen LogP contribution in [0.15, 0.2) is 35.2 Å². The van der Waals surface area contributed by atoms with Crippen molar-refractivity contribution in [2.24, 2.45) is 0 Å². The van der Waals surface area contributed by atoms with Gasteiger partial charge in [-0.25, -0.2) is 4.98 Å². The van der Waals surface area contributed by atoms with Crippen molar-refractivity contribution in [2.75, 3.05) is 0 Å². The number of aromatic nitrogens is 1. The SMILES string of the molecule is Cc1cccc(CCC(=O)NCc2cscn2)c1. The molecule has 1 aromatic carbocycles. The fourth-order valence-electron chi connectivity index (χ4n) is 1.73. The molecule has 0 aliphatic heterocycles. The van der Waals surface area contributed by atoms with E-state index < -0.39 is 0 Å². The Labute approximate surface area is 111 Å². The van der Waals surface area contributed by atoms with Crippen molar-refractivity contribution in [1.82, 2.24) is 10.3 Å². The van der Waals surface area contributed by atoms with Crippen LogP contribution in [0.2, 0.25) is 0 Å². The molecule has 0 spiro atoms. The number of hydrogen-bond donors (Lipinski definition) is 1. The highest BCUT2D eigenvalue weighted by molar-refractivity contribution is 7.07. The van der Waals surface area contributed by atoms with Crippen LogP contribution >= 0.6 is 11.3 Å². The number of benzene rings is 1. The number of amides is 1. The molecule has 3 nitrogen and oxygen atoms in total. The van der Waals surface area contributed by atoms with E-state index in [9.17, 15) is 4.79 Å². The van der Waals surface area contributed by atoms with Crippen molar-refractivity contribution in [1.29, 1.82) is 0 Å². The minimum absolute atomic E-state index is 0.0736. The largest absolute Gasteiger partial charge is 0.350 e. The predicted octanol–water partition coefficient (Wildman–Crippen LogP) is 2.70. The summed E-state index contributed by atoms with van der Waals surface area (Å²) in [4.78, 5) is 15.8. The summed E-state index contributed by atoms with van der Waals surface area (Å²) in [6.45, 7) is 2.59. The molecule has 0 aliphatic rings. The number of thiazole rings is 1. The van der Waals surface area contributed by atoms with Gasteiger partial charge in [0.1, 0.15) is 0 Å². The predicted molar refractivity (Wildman–Crippen MR) is 73.5 cm³/mol. The Kier molecular flexibility index (Phi) is 4.47. The summed E-state index contributed by atoms with van der Waals surface area (Å²) in [6.07, 6.45) is 1.30. The van der Waals surface area contributed by atoms with Gasteiger partial charge in [-0.05, 0) is 18.9 Å². The van der Waals surface area contributed by atoms with E-state index in [4.69, 9.17) is 0 Å². The van der Waals surface area contributed by atoms with E-state index in [2.05, 4.69) is 35.4 Å². The molecule has 0 fully saturated rings. The molecular weight excluding hydrogens is 244 g/mol. The maximum atomic E-state index is 11.7. The standard InChI is InChI=1S/C14H16N2OS/c1-11-3-2-4-12(7-11)5-6-14(17)15-8-13-9-18-10-16-13/h2-4,7,9-10H,5-6,8H2,1H3,(H,15,17). The maximum absolute atomic E-state index is 11.7. The van der Waals surface area contributed by atoms with Crippen LogP contribution in [0.5, 0.6) is 0 Å². The van der Waals surface area contributed by atoms with Gasteiger partial charge in [-0.3, -0.25) is 4.79 Å². The highest BCUT2D eigenvalue weighted by Crippen LogP contribution is 2.06. The first-order valence-corrected chi connectivity index (χ1v) is 6.87. The smallest absolute Gasteiger partial charge is 0.220 e. The lowest BCUT2D eigenvalue weighted by Gasteiger charge is -2.04. The molecule has 2 rings (SSSR count). The Hall–Kier alpha value is -1.68. The zero-order chi connectivity index (χ0) is 12.8. The van der Waals surface area contributed by atoms with Crippen LogP contribution in [0.1, 0.15) is 23.2 Å². The molecule has 1 heterocycles. The average molecular weight is 260 g/mol. The van der Waals surface area contributed by atoms with Crippen LogP contribution in [-0.4, -0.2) is 10.9 Å². The molecule has 4 heteroatoms. The third kappa shape index (κ3) is 3.96. The van der Waals surface area contributed by atoms with Gasteiger partial charge in [-0.2, -0.15) is 0 Å². The number of nitrogens with zero attached hydrogens (tertiary/aromatic N) is 1. The lowest BCUT2D eigenvalue weighted by molar-refractivity contribution is -0.121. The second-order valence-electron chi connectivity index (χ2n) is 4.25. The summed E-state index contributed by atoms with van der Waals surface area (Å²) in [5.74, 6) is 0.0736. The van der Waals surface area contributed by atoms with Crippen LogP contribution in [0.4, 0.5) is 0 Å². The fraction of sp³-hybridized carbons (Fsp3) is 0.286. The normalized spacial score (nSPS) is 10.3. The molecule has 1 N–H and O–H groups in total. The third-order valence-corrected chi connectivity index (χ3v) is 3.31. The van der Waals surface area contributed by atoms with E-state index in [1.807, 2.05) is 11.4 Å². The Balaban J connectivity index is 1.75. The lowest BCUT2D eigenvalue weighted by Crippen LogP contribution is -2.23. The van der Waals surface area contributed by atoms with Crippen molar-refractivity contribution in [3.8, 4) is 0 Å². The van der Waals surface area contributed by atoms with E-state index in [1.165, 1.54) is 11.1 Å². The molecule has 0 radical (unpaired) electrons. The molecule has 18 heavy (non-hydrogen) atoms. The molecule has 0 saturated carbocycles. The topological polar surface area (TPSA) is 42.0 Å². The summed E-state index contributed by atoms with van der Waals surface area (Å²) < 4.78 is 0. The van der Waals surface area contributed by atoms with E-state index in [0.717, 1.165) is 12.1 Å². The van der Waals surface area contributed by atoms with Crippen molar-refractivity contribution in [3.05, 3.63) is 52.0 Å². The Bertz CT molecular complexity index is 508. The highest BCUT2D eigenvalue weighted by atomic mass is 32.1. The minimum atomic E-state index is 0.0736. The van der Waals surface area contributed by atoms with E-state index in [-0.39, 0.29) is 5.91 Å². The van der Waals surface area contributed by atoms with E-state index >= 15 is 0 Å². The van der Waals surface area contributed by atoms with Gasteiger partial charge in [0.05, 0.1) is 17.7 Å². The quantitative estimate of drug-likeness (QED) is 0.898. The number of carbonyl (C=O) groups is 1. The molecule has 0 bridgehead atoms. The van der Waals surface area contributed by atoms with Gasteiger partial charge < -0.3 is 5.32 Å². The first kappa shape index (κ1) is 12.8. The summed E-state index contributed by atoms with van der Waals surface area (Å²) in [5.41, 5.74) is 5.13. The van der Waals surface area contributed by atoms with Gasteiger partial charge in [0.25, 0.3) is 0 Å². The van der Waals surface area contributed by atoms with Crippen molar-refractivity contribution >= 4 is 17.2 Å². The second-order valence-corrected chi connectivity index (χ2v) is 4.96. The van der Waals surface area contributed by atoms with Crippen LogP contribution in [0, 0.1) is 6.92 Å². The van der Waals surface area contributed by atoms with Gasteiger partial charge in [-0.15, -0.1) is 11.3 Å². The summed E-state index contributed by atoms with van der Waals surface area (Å²) >= 11 is 1.54. The Morgan fingerprint density at radius 3 is 3.06 bits per heavy atom. The average Bonchev–Trinajstić information content (AvgIpc) is 2.87. The molecule has 2 aromatic rings. The third-order valence-electron chi connectivity index (χ3n) is 2.67. The highest BCUT2D eigenvalue weighted by Gasteiger charge is 2.03. The zero-order valence-electron chi connectivity index (χ0n) is 10.3. The van der Waals surface area contributed by atoms with Crippen LogP contribution in [0.25, 0.3) is 0 Å². The first-order valence-electron chi connectivity index (χ1n) is 5.93. The Morgan fingerprint density at radius 1 is 1.44 bits per heavy atom. The van der Waals surface area contributed by atoms with Crippen LogP contribution < -0.4 is 5.32 Å². The molecule has 0 saturated heterocycles. The number of hydrogen-bond acceptors (Lipinski definition) is 3. The van der Waals surface area contributed by atoms with Gasteiger partial charge in [0.2, 0.25) is 5.91 Å². The molecule has 0 atom stereocenters. The van der Waals surface area contributed by atoms with Crippen molar-refractivity contribution in [2.45, 2.75) is 26.3 Å². The molecule has 1 aromatic heterocycles. The number of rotatable bonds is 5. The summed E-state index contributed by atoms with van der Waals surface area (Å²) in [7, 11) is 0. The second kappa shape index (κ2) is 6.31. The summed E-state index contributed by atoms with van der Waals surface area (Å²) in [6, 6.07) is 8.26. The van der Waals surface area contributed by atoms with Crippen molar-refractivity contribution < 1.29 is 4.79 Å². The molecule has 0 aliphatic carbocycles. The van der Waals surface area contributed by atoms with E-state index in [0.29, 0.717) is 13.0 Å². The number of carbonyl (C=O) groups excluding carboxylic acids is 1. The number of aryl methyl sites for hydroxylation is 2. The van der Waals surface area contributed by atoms with Gasteiger partial charge in [-0.1, -0.05) is 29.8 Å². The minimum Gasteiger partial charge on any atom is -0.350 e. The lowest BCUT2D eigenvalue weighted by atomic mass is 10.1. The van der Waals surface area contributed by atoms with Crippen LogP contribution in [0.3, 0.4) is 0 Å². The molecule has 0 unspecified atom stereocenters. The van der Waals surface area contributed by atoms with Crippen LogP contribution in [-0.2, 0) is 17.8 Å². The zero-order valence-corrected chi connectivity index (χ0v) is 11.2. The monoisotopic (exact) mass is 260 g/mol. The number of nitrogens with one attached hydrogen (secondary N) is 1. The van der Waals surface area contributed by atoms with Crippen molar-refractivity contribution in [3.63, 3.8) is 0 Å². The van der Waals surface area contributed by atoms with Gasteiger partial charge in [0, 0.05) is 11.8 Å². The maximum Gasteiger partial charge on any atom is 0.220 e.